The Morgan fingerprint density at radius 1 is 1.26 bits per heavy atom. The molecule has 0 aliphatic rings. The van der Waals surface area contributed by atoms with Gasteiger partial charge in [-0.2, -0.15) is 0 Å². The summed E-state index contributed by atoms with van der Waals surface area (Å²) in [6.45, 7) is 5.24. The minimum absolute atomic E-state index is 0.0339. The highest BCUT2D eigenvalue weighted by Gasteiger charge is 2.20. The summed E-state index contributed by atoms with van der Waals surface area (Å²) < 4.78 is 0. The van der Waals surface area contributed by atoms with Crippen LogP contribution in [0.4, 0.5) is 0 Å². The third-order valence-corrected chi connectivity index (χ3v) is 4.97. The molecule has 0 saturated carbocycles. The molecule has 1 N–H and O–H groups in total. The summed E-state index contributed by atoms with van der Waals surface area (Å²) in [7, 11) is 1.93. The summed E-state index contributed by atoms with van der Waals surface area (Å²) >= 11 is 7.85. The van der Waals surface area contributed by atoms with Crippen LogP contribution in [-0.4, -0.2) is 24.4 Å². The highest BCUT2D eigenvalue weighted by atomic mass is 35.5. The van der Waals surface area contributed by atoms with E-state index in [1.54, 1.807) is 11.3 Å². The van der Waals surface area contributed by atoms with E-state index < -0.39 is 0 Å². The zero-order chi connectivity index (χ0) is 16.8. The molecule has 1 aromatic heterocycles. The van der Waals surface area contributed by atoms with Crippen molar-refractivity contribution in [2.24, 2.45) is 5.92 Å². The minimum atomic E-state index is 0.0339. The van der Waals surface area contributed by atoms with Gasteiger partial charge in [0.05, 0.1) is 12.6 Å². The molecular weight excluding hydrogens is 328 g/mol. The van der Waals surface area contributed by atoms with Gasteiger partial charge in [0.2, 0.25) is 5.91 Å². The molecule has 0 fully saturated rings. The van der Waals surface area contributed by atoms with Crippen LogP contribution in [0.5, 0.6) is 0 Å². The first-order chi connectivity index (χ1) is 11.0. The van der Waals surface area contributed by atoms with Crippen molar-refractivity contribution in [2.75, 3.05) is 13.6 Å². The predicted octanol–water partition coefficient (Wildman–Crippen LogP) is 4.35. The van der Waals surface area contributed by atoms with Gasteiger partial charge in [-0.3, -0.25) is 9.69 Å². The van der Waals surface area contributed by atoms with Gasteiger partial charge in [0.25, 0.3) is 0 Å². The third kappa shape index (κ3) is 5.34. The lowest BCUT2D eigenvalue weighted by Crippen LogP contribution is -2.38. The fraction of sp³-hybridized carbons (Fsp3) is 0.389. The number of carbonyl (C=O) groups excluding carboxylic acids is 1. The average Bonchev–Trinajstić information content (AvgIpc) is 3.00. The van der Waals surface area contributed by atoms with E-state index in [9.17, 15) is 4.79 Å². The Kier molecular flexibility index (Phi) is 6.63. The Morgan fingerprint density at radius 2 is 2.00 bits per heavy atom. The molecule has 0 bridgehead atoms. The monoisotopic (exact) mass is 350 g/mol. The number of thiophene rings is 1. The fourth-order valence-electron chi connectivity index (χ4n) is 2.47. The van der Waals surface area contributed by atoms with Crippen LogP contribution in [0, 0.1) is 5.92 Å². The zero-order valence-electron chi connectivity index (χ0n) is 13.8. The van der Waals surface area contributed by atoms with Crippen molar-refractivity contribution in [3.8, 4) is 0 Å². The van der Waals surface area contributed by atoms with Crippen molar-refractivity contribution in [1.29, 1.82) is 0 Å². The van der Waals surface area contributed by atoms with Gasteiger partial charge in [-0.1, -0.05) is 49.7 Å². The average molecular weight is 351 g/mol. The summed E-state index contributed by atoms with van der Waals surface area (Å²) in [5, 5.41) is 5.92. The molecule has 0 unspecified atom stereocenters. The molecule has 1 amide bonds. The molecule has 5 heteroatoms. The number of nitrogens with zero attached hydrogens (tertiary/aromatic N) is 1. The standard InChI is InChI=1S/C18H23ClN2OS/c1-13(2)18(16-9-6-10-23-16)20-17(22)12-21(3)11-14-7-4-5-8-15(14)19/h4-10,13,18H,11-12H2,1-3H3,(H,20,22)/t18-/m1/s1. The number of hydrogen-bond donors (Lipinski definition) is 1. The molecule has 2 rings (SSSR count). The smallest absolute Gasteiger partial charge is 0.234 e. The van der Waals surface area contributed by atoms with E-state index in [0.717, 1.165) is 10.6 Å². The molecule has 1 atom stereocenters. The van der Waals surface area contributed by atoms with Crippen LogP contribution < -0.4 is 5.32 Å². The predicted molar refractivity (Wildman–Crippen MR) is 97.8 cm³/mol. The second kappa shape index (κ2) is 8.48. The Balaban J connectivity index is 1.92. The topological polar surface area (TPSA) is 32.3 Å². The zero-order valence-corrected chi connectivity index (χ0v) is 15.3. The van der Waals surface area contributed by atoms with Crippen LogP contribution in [-0.2, 0) is 11.3 Å². The lowest BCUT2D eigenvalue weighted by Gasteiger charge is -2.23. The van der Waals surface area contributed by atoms with Crippen LogP contribution in [0.3, 0.4) is 0 Å². The molecule has 0 spiro atoms. The second-order valence-corrected chi connectivity index (χ2v) is 7.45. The molecule has 1 heterocycles. The molecule has 0 aliphatic heterocycles. The summed E-state index contributed by atoms with van der Waals surface area (Å²) in [5.41, 5.74) is 1.03. The number of hydrogen-bond acceptors (Lipinski definition) is 3. The maximum absolute atomic E-state index is 12.4. The van der Waals surface area contributed by atoms with Crippen molar-refractivity contribution in [3.05, 3.63) is 57.2 Å². The van der Waals surface area contributed by atoms with Crippen molar-refractivity contribution < 1.29 is 4.79 Å². The molecule has 124 valence electrons. The van der Waals surface area contributed by atoms with Gasteiger partial charge in [0.1, 0.15) is 0 Å². The van der Waals surface area contributed by atoms with Crippen LogP contribution in [0.2, 0.25) is 5.02 Å². The molecule has 0 radical (unpaired) electrons. The van der Waals surface area contributed by atoms with Crippen molar-refractivity contribution in [3.63, 3.8) is 0 Å². The number of amides is 1. The first-order valence-corrected chi connectivity index (χ1v) is 8.98. The quantitative estimate of drug-likeness (QED) is 0.805. The molecule has 0 saturated heterocycles. The van der Waals surface area contributed by atoms with Crippen molar-refractivity contribution >= 4 is 28.8 Å². The molecule has 0 aliphatic carbocycles. The van der Waals surface area contributed by atoms with Gasteiger partial charge < -0.3 is 5.32 Å². The van der Waals surface area contributed by atoms with Gasteiger partial charge in [0.15, 0.2) is 0 Å². The van der Waals surface area contributed by atoms with E-state index in [0.29, 0.717) is 19.0 Å². The lowest BCUT2D eigenvalue weighted by molar-refractivity contribution is -0.123. The summed E-state index contributed by atoms with van der Waals surface area (Å²) in [4.78, 5) is 15.5. The molecule has 1 aromatic carbocycles. The molecule has 2 aromatic rings. The first kappa shape index (κ1) is 18.0. The van der Waals surface area contributed by atoms with Crippen molar-refractivity contribution in [2.45, 2.75) is 26.4 Å². The summed E-state index contributed by atoms with van der Waals surface area (Å²) in [6.07, 6.45) is 0. The Labute approximate surface area is 147 Å². The van der Waals surface area contributed by atoms with Crippen LogP contribution >= 0.6 is 22.9 Å². The van der Waals surface area contributed by atoms with E-state index >= 15 is 0 Å². The number of halogens is 1. The van der Waals surface area contributed by atoms with E-state index in [1.807, 2.05) is 47.7 Å². The Bertz CT molecular complexity index is 628. The maximum atomic E-state index is 12.4. The molecular formula is C18H23ClN2OS. The fourth-order valence-corrected chi connectivity index (χ4v) is 3.62. The largest absolute Gasteiger partial charge is 0.347 e. The SMILES string of the molecule is CC(C)[C@@H](NC(=O)CN(C)Cc1ccccc1Cl)c1cccs1. The number of likely N-dealkylation sites (N-methyl/N-ethyl adjacent to an activating group) is 1. The normalized spacial score (nSPS) is 12.6. The molecule has 23 heavy (non-hydrogen) atoms. The van der Waals surface area contributed by atoms with E-state index in [-0.39, 0.29) is 11.9 Å². The Morgan fingerprint density at radius 3 is 2.61 bits per heavy atom. The first-order valence-electron chi connectivity index (χ1n) is 7.72. The number of benzene rings is 1. The summed E-state index contributed by atoms with van der Waals surface area (Å²) in [5.74, 6) is 0.387. The van der Waals surface area contributed by atoms with E-state index in [4.69, 9.17) is 11.6 Å². The third-order valence-electron chi connectivity index (χ3n) is 3.64. The van der Waals surface area contributed by atoms with Gasteiger partial charge in [-0.25, -0.2) is 0 Å². The number of carbonyl (C=O) groups is 1. The van der Waals surface area contributed by atoms with E-state index in [2.05, 4.69) is 25.2 Å². The van der Waals surface area contributed by atoms with E-state index in [1.165, 1.54) is 4.88 Å². The minimum Gasteiger partial charge on any atom is -0.347 e. The van der Waals surface area contributed by atoms with Crippen LogP contribution in [0.25, 0.3) is 0 Å². The highest BCUT2D eigenvalue weighted by molar-refractivity contribution is 7.10. The second-order valence-electron chi connectivity index (χ2n) is 6.07. The van der Waals surface area contributed by atoms with Gasteiger partial charge in [-0.05, 0) is 36.0 Å². The van der Waals surface area contributed by atoms with Gasteiger partial charge >= 0.3 is 0 Å². The number of nitrogens with one attached hydrogen (secondary N) is 1. The van der Waals surface area contributed by atoms with Crippen LogP contribution in [0.15, 0.2) is 41.8 Å². The van der Waals surface area contributed by atoms with Gasteiger partial charge in [0, 0.05) is 16.4 Å². The lowest BCUT2D eigenvalue weighted by atomic mass is 10.0. The number of rotatable bonds is 7. The molecule has 3 nitrogen and oxygen atoms in total. The Hall–Kier alpha value is -1.36. The maximum Gasteiger partial charge on any atom is 0.234 e. The van der Waals surface area contributed by atoms with Crippen LogP contribution in [0.1, 0.15) is 30.3 Å². The van der Waals surface area contributed by atoms with Gasteiger partial charge in [-0.15, -0.1) is 11.3 Å². The summed E-state index contributed by atoms with van der Waals surface area (Å²) in [6, 6.07) is 11.9. The van der Waals surface area contributed by atoms with Crippen molar-refractivity contribution in [1.82, 2.24) is 10.2 Å². The highest BCUT2D eigenvalue weighted by Crippen LogP contribution is 2.25.